The molecule has 0 bridgehead atoms. The van der Waals surface area contributed by atoms with E-state index in [4.69, 9.17) is 0 Å². The van der Waals surface area contributed by atoms with Gasteiger partial charge in [0.05, 0.1) is 11.0 Å². The minimum Gasteiger partial charge on any atom is -0.365 e. The van der Waals surface area contributed by atoms with E-state index in [0.717, 1.165) is 37.2 Å². The lowest BCUT2D eigenvalue weighted by molar-refractivity contribution is 0.209. The van der Waals surface area contributed by atoms with Crippen molar-refractivity contribution in [3.05, 3.63) is 42.0 Å². The van der Waals surface area contributed by atoms with Gasteiger partial charge in [-0.15, -0.1) is 0 Å². The standard InChI is InChI=1S/C21H22F2N6/c1-12(2)28-7-9-29(10-8-28)20-15(23)4-6-17-19(20)25-21(24-17)18-14-11-13(22)3-5-16(14)26-27-18/h3-6,11-12H,7-10H2,1-2H3,(H,24,25)(H,26,27). The fraction of sp³-hybridized carbons (Fsp3) is 0.333. The number of H-pyrrole nitrogens is 2. The van der Waals surface area contributed by atoms with E-state index in [1.54, 1.807) is 12.1 Å². The van der Waals surface area contributed by atoms with Crippen LogP contribution >= 0.6 is 0 Å². The number of rotatable bonds is 3. The highest BCUT2D eigenvalue weighted by atomic mass is 19.1. The molecule has 0 radical (unpaired) electrons. The SMILES string of the molecule is CC(C)N1CCN(c2c(F)ccc3[nH]c(-c4n[nH]c5ccc(F)cc45)nc23)CC1. The third-order valence-electron chi connectivity index (χ3n) is 5.69. The Morgan fingerprint density at radius 1 is 1.00 bits per heavy atom. The maximum absolute atomic E-state index is 14.8. The van der Waals surface area contributed by atoms with Crippen LogP contribution in [0.3, 0.4) is 0 Å². The molecule has 1 aliphatic rings. The number of nitrogens with zero attached hydrogens (tertiary/aromatic N) is 4. The molecule has 0 amide bonds. The first-order chi connectivity index (χ1) is 14.0. The number of aromatic nitrogens is 4. The molecule has 4 aromatic rings. The molecule has 29 heavy (non-hydrogen) atoms. The molecule has 1 saturated heterocycles. The summed E-state index contributed by atoms with van der Waals surface area (Å²) in [7, 11) is 0. The average molecular weight is 396 g/mol. The largest absolute Gasteiger partial charge is 0.365 e. The Morgan fingerprint density at radius 2 is 1.76 bits per heavy atom. The van der Waals surface area contributed by atoms with E-state index in [-0.39, 0.29) is 11.6 Å². The Balaban J connectivity index is 1.57. The topological polar surface area (TPSA) is 63.8 Å². The van der Waals surface area contributed by atoms with E-state index in [1.165, 1.54) is 18.2 Å². The lowest BCUT2D eigenvalue weighted by Gasteiger charge is -2.38. The summed E-state index contributed by atoms with van der Waals surface area (Å²) >= 11 is 0. The van der Waals surface area contributed by atoms with Gasteiger partial charge in [0.25, 0.3) is 0 Å². The zero-order valence-corrected chi connectivity index (χ0v) is 16.3. The van der Waals surface area contributed by atoms with Crippen molar-refractivity contribution in [1.29, 1.82) is 0 Å². The predicted molar refractivity (Wildman–Crippen MR) is 110 cm³/mol. The van der Waals surface area contributed by atoms with Crippen LogP contribution in [-0.4, -0.2) is 57.3 Å². The summed E-state index contributed by atoms with van der Waals surface area (Å²) in [5.74, 6) is -0.137. The number of benzene rings is 2. The lowest BCUT2D eigenvalue weighted by atomic mass is 10.2. The zero-order valence-electron chi connectivity index (χ0n) is 16.3. The zero-order chi connectivity index (χ0) is 20.1. The molecule has 3 heterocycles. The van der Waals surface area contributed by atoms with Gasteiger partial charge in [-0.05, 0) is 44.2 Å². The predicted octanol–water partition coefficient (Wildman–Crippen LogP) is 3.91. The first-order valence-corrected chi connectivity index (χ1v) is 9.82. The van der Waals surface area contributed by atoms with Crippen LogP contribution in [0.1, 0.15) is 13.8 Å². The molecule has 0 spiro atoms. The minimum atomic E-state index is -0.342. The van der Waals surface area contributed by atoms with Gasteiger partial charge in [-0.3, -0.25) is 10.00 Å². The fourth-order valence-corrected chi connectivity index (χ4v) is 4.08. The summed E-state index contributed by atoms with van der Waals surface area (Å²) < 4.78 is 28.6. The highest BCUT2D eigenvalue weighted by Crippen LogP contribution is 2.33. The molecule has 0 saturated carbocycles. The van der Waals surface area contributed by atoms with Crippen molar-refractivity contribution in [2.45, 2.75) is 19.9 Å². The van der Waals surface area contributed by atoms with Gasteiger partial charge in [0.15, 0.2) is 5.82 Å². The minimum absolute atomic E-state index is 0.286. The van der Waals surface area contributed by atoms with E-state index < -0.39 is 0 Å². The van der Waals surface area contributed by atoms with E-state index >= 15 is 0 Å². The number of nitrogens with one attached hydrogen (secondary N) is 2. The fourth-order valence-electron chi connectivity index (χ4n) is 4.08. The number of hydrogen-bond donors (Lipinski definition) is 2. The molecular weight excluding hydrogens is 374 g/mol. The van der Waals surface area contributed by atoms with Gasteiger partial charge < -0.3 is 9.88 Å². The molecule has 2 aromatic carbocycles. The van der Waals surface area contributed by atoms with Crippen molar-refractivity contribution < 1.29 is 8.78 Å². The van der Waals surface area contributed by atoms with Crippen molar-refractivity contribution in [2.24, 2.45) is 0 Å². The van der Waals surface area contributed by atoms with Crippen molar-refractivity contribution in [3.8, 4) is 11.5 Å². The lowest BCUT2D eigenvalue weighted by Crippen LogP contribution is -2.49. The van der Waals surface area contributed by atoms with Gasteiger partial charge in [-0.25, -0.2) is 13.8 Å². The molecule has 0 atom stereocenters. The molecule has 0 aliphatic carbocycles. The molecule has 2 N–H and O–H groups in total. The number of halogens is 2. The summed E-state index contributed by atoms with van der Waals surface area (Å²) in [6, 6.07) is 8.08. The third kappa shape index (κ3) is 3.04. The summed E-state index contributed by atoms with van der Waals surface area (Å²) in [6.07, 6.45) is 0. The number of anilines is 1. The Morgan fingerprint density at radius 3 is 2.52 bits per heavy atom. The monoisotopic (exact) mass is 396 g/mol. The van der Waals surface area contributed by atoms with Crippen LogP contribution in [0.4, 0.5) is 14.5 Å². The Labute approximate surface area is 166 Å². The Bertz CT molecular complexity index is 1190. The van der Waals surface area contributed by atoms with Gasteiger partial charge in [0.1, 0.15) is 28.5 Å². The summed E-state index contributed by atoms with van der Waals surface area (Å²) in [4.78, 5) is 12.3. The second-order valence-corrected chi connectivity index (χ2v) is 7.76. The van der Waals surface area contributed by atoms with Crippen LogP contribution in [0.25, 0.3) is 33.5 Å². The van der Waals surface area contributed by atoms with Crippen LogP contribution in [0, 0.1) is 11.6 Å². The van der Waals surface area contributed by atoms with Crippen molar-refractivity contribution in [3.63, 3.8) is 0 Å². The van der Waals surface area contributed by atoms with Crippen LogP contribution in [0.5, 0.6) is 0 Å². The number of fused-ring (bicyclic) bond motifs is 2. The average Bonchev–Trinajstić information content (AvgIpc) is 3.31. The summed E-state index contributed by atoms with van der Waals surface area (Å²) in [5, 5.41) is 7.83. The third-order valence-corrected chi connectivity index (χ3v) is 5.69. The number of hydrogen-bond acceptors (Lipinski definition) is 4. The van der Waals surface area contributed by atoms with E-state index in [2.05, 4.69) is 43.8 Å². The molecule has 5 rings (SSSR count). The van der Waals surface area contributed by atoms with Crippen molar-refractivity contribution in [2.75, 3.05) is 31.1 Å². The first kappa shape index (κ1) is 18.1. The summed E-state index contributed by atoms with van der Waals surface area (Å²) in [5.41, 5.74) is 3.06. The number of imidazole rings is 1. The van der Waals surface area contributed by atoms with Crippen molar-refractivity contribution in [1.82, 2.24) is 25.1 Å². The maximum atomic E-state index is 14.8. The van der Waals surface area contributed by atoms with Crippen LogP contribution in [0.2, 0.25) is 0 Å². The van der Waals surface area contributed by atoms with Crippen LogP contribution in [0.15, 0.2) is 30.3 Å². The smallest absolute Gasteiger partial charge is 0.159 e. The van der Waals surface area contributed by atoms with E-state index in [1.807, 2.05) is 0 Å². The normalized spacial score (nSPS) is 15.8. The number of piperazine rings is 1. The van der Waals surface area contributed by atoms with Gasteiger partial charge in [0, 0.05) is 37.6 Å². The molecule has 2 aromatic heterocycles. The maximum Gasteiger partial charge on any atom is 0.159 e. The van der Waals surface area contributed by atoms with Gasteiger partial charge in [-0.1, -0.05) is 0 Å². The molecule has 1 fully saturated rings. The molecule has 6 nitrogen and oxygen atoms in total. The van der Waals surface area contributed by atoms with Crippen molar-refractivity contribution >= 4 is 27.6 Å². The van der Waals surface area contributed by atoms with Gasteiger partial charge in [0.2, 0.25) is 0 Å². The van der Waals surface area contributed by atoms with E-state index in [0.29, 0.717) is 34.2 Å². The van der Waals surface area contributed by atoms with Gasteiger partial charge in [-0.2, -0.15) is 5.10 Å². The van der Waals surface area contributed by atoms with Crippen LogP contribution < -0.4 is 4.90 Å². The van der Waals surface area contributed by atoms with E-state index in [9.17, 15) is 8.78 Å². The molecule has 8 heteroatoms. The molecule has 0 unspecified atom stereocenters. The Hall–Kier alpha value is -3.00. The molecule has 1 aliphatic heterocycles. The second kappa shape index (κ2) is 6.81. The van der Waals surface area contributed by atoms with Gasteiger partial charge >= 0.3 is 0 Å². The summed E-state index contributed by atoms with van der Waals surface area (Å²) in [6.45, 7) is 7.60. The highest BCUT2D eigenvalue weighted by Gasteiger charge is 2.24. The Kier molecular flexibility index (Phi) is 4.24. The second-order valence-electron chi connectivity index (χ2n) is 7.76. The quantitative estimate of drug-likeness (QED) is 0.551. The number of aromatic amines is 2. The molecule has 150 valence electrons. The van der Waals surface area contributed by atoms with Crippen LogP contribution in [-0.2, 0) is 0 Å². The molecular formula is C21H22F2N6. The first-order valence-electron chi connectivity index (χ1n) is 9.82. The highest BCUT2D eigenvalue weighted by molar-refractivity contribution is 5.96.